The number of ether oxygens (including phenoxy) is 1. The Labute approximate surface area is 186 Å². The van der Waals surface area contributed by atoms with E-state index < -0.39 is 0 Å². The molecule has 0 spiro atoms. The van der Waals surface area contributed by atoms with E-state index in [1.165, 1.54) is 22.0 Å². The van der Waals surface area contributed by atoms with E-state index >= 15 is 0 Å². The predicted molar refractivity (Wildman–Crippen MR) is 129 cm³/mol. The molecule has 0 fully saturated rings. The van der Waals surface area contributed by atoms with Crippen LogP contribution in [0.15, 0.2) is 54.7 Å². The first-order chi connectivity index (χ1) is 14.7. The van der Waals surface area contributed by atoms with Crippen LogP contribution in [0.2, 0.25) is 0 Å². The minimum absolute atomic E-state index is 0.0375. The van der Waals surface area contributed by atoms with Gasteiger partial charge < -0.3 is 14.6 Å². The zero-order valence-electron chi connectivity index (χ0n) is 19.7. The Kier molecular flexibility index (Phi) is 7.09. The molecule has 2 aromatic carbocycles. The van der Waals surface area contributed by atoms with Crippen molar-refractivity contribution in [1.29, 1.82) is 0 Å². The van der Waals surface area contributed by atoms with Crippen LogP contribution in [0.5, 0.6) is 5.75 Å². The van der Waals surface area contributed by atoms with E-state index in [4.69, 9.17) is 4.74 Å². The second-order valence-corrected chi connectivity index (χ2v) is 9.90. The van der Waals surface area contributed by atoms with E-state index in [2.05, 4.69) is 87.1 Å². The molecule has 31 heavy (non-hydrogen) atoms. The zero-order valence-corrected chi connectivity index (χ0v) is 19.7. The Morgan fingerprint density at radius 3 is 2.35 bits per heavy atom. The van der Waals surface area contributed by atoms with Gasteiger partial charge >= 0.3 is 0 Å². The first kappa shape index (κ1) is 22.9. The summed E-state index contributed by atoms with van der Waals surface area (Å²) in [6.45, 7) is 12.4. The van der Waals surface area contributed by atoms with E-state index in [1.54, 1.807) is 7.11 Å². The lowest BCUT2D eigenvalue weighted by Gasteiger charge is -2.30. The topological polar surface area (TPSA) is 43.3 Å². The Bertz CT molecular complexity index is 1010. The van der Waals surface area contributed by atoms with Crippen molar-refractivity contribution in [3.63, 3.8) is 0 Å². The summed E-state index contributed by atoms with van der Waals surface area (Å²) in [6.07, 6.45) is 2.74. The van der Waals surface area contributed by atoms with Crippen molar-refractivity contribution in [2.45, 2.75) is 53.5 Å². The van der Waals surface area contributed by atoms with Crippen LogP contribution in [-0.2, 0) is 11.3 Å². The summed E-state index contributed by atoms with van der Waals surface area (Å²) in [7, 11) is 1.69. The average molecular weight is 421 g/mol. The molecule has 4 heteroatoms. The number of benzene rings is 2. The van der Waals surface area contributed by atoms with Crippen LogP contribution in [-0.4, -0.2) is 24.1 Å². The first-order valence-corrected chi connectivity index (χ1v) is 11.2. The molecule has 1 aromatic heterocycles. The molecule has 1 N–H and O–H groups in total. The maximum absolute atomic E-state index is 12.7. The molecule has 3 rings (SSSR count). The normalized spacial score (nSPS) is 12.9. The summed E-state index contributed by atoms with van der Waals surface area (Å²) in [5, 5.41) is 4.33. The predicted octanol–water partition coefficient (Wildman–Crippen LogP) is 5.99. The SMILES string of the molecule is COc1ccc(Cn2cc(C(CC(=O)NCC(C)C)C(C)(C)C)c3ccccc32)cc1. The average Bonchev–Trinajstić information content (AvgIpc) is 3.08. The lowest BCUT2D eigenvalue weighted by Crippen LogP contribution is -2.31. The number of rotatable bonds is 8. The van der Waals surface area contributed by atoms with E-state index in [0.29, 0.717) is 12.3 Å². The third-order valence-corrected chi connectivity index (χ3v) is 5.85. The lowest BCUT2D eigenvalue weighted by atomic mass is 9.74. The van der Waals surface area contributed by atoms with Crippen LogP contribution < -0.4 is 10.1 Å². The molecule has 0 aliphatic rings. The number of carbonyl (C=O) groups excluding carboxylic acids is 1. The fourth-order valence-corrected chi connectivity index (χ4v) is 4.07. The molecule has 3 aromatic rings. The molecule has 0 bridgehead atoms. The van der Waals surface area contributed by atoms with Gasteiger partial charge in [0.25, 0.3) is 0 Å². The minimum Gasteiger partial charge on any atom is -0.497 e. The van der Waals surface area contributed by atoms with Gasteiger partial charge in [-0.05, 0) is 46.6 Å². The number of para-hydroxylation sites is 1. The van der Waals surface area contributed by atoms with Crippen molar-refractivity contribution in [1.82, 2.24) is 9.88 Å². The van der Waals surface area contributed by atoms with Gasteiger partial charge in [0.05, 0.1) is 7.11 Å². The van der Waals surface area contributed by atoms with Crippen molar-refractivity contribution in [3.05, 3.63) is 65.9 Å². The van der Waals surface area contributed by atoms with Crippen molar-refractivity contribution in [3.8, 4) is 5.75 Å². The van der Waals surface area contributed by atoms with Gasteiger partial charge in [0, 0.05) is 36.6 Å². The molecule has 4 nitrogen and oxygen atoms in total. The van der Waals surface area contributed by atoms with Gasteiger partial charge in [-0.2, -0.15) is 0 Å². The Balaban J connectivity index is 1.96. The Morgan fingerprint density at radius 2 is 1.74 bits per heavy atom. The van der Waals surface area contributed by atoms with Gasteiger partial charge in [0.2, 0.25) is 5.91 Å². The van der Waals surface area contributed by atoms with Gasteiger partial charge in [0.1, 0.15) is 5.75 Å². The molecule has 1 unspecified atom stereocenters. The van der Waals surface area contributed by atoms with Gasteiger partial charge in [-0.25, -0.2) is 0 Å². The summed E-state index contributed by atoms with van der Waals surface area (Å²) >= 11 is 0. The standard InChI is InChI=1S/C27H36N2O2/c1-19(2)16-28-26(30)15-24(27(3,4)5)23-18-29(25-10-8-7-9-22(23)25)17-20-11-13-21(31-6)14-12-20/h7-14,18-19,24H,15-17H2,1-6H3,(H,28,30). The Hall–Kier alpha value is -2.75. The molecule has 1 atom stereocenters. The van der Waals surface area contributed by atoms with Crippen molar-refractivity contribution in [2.24, 2.45) is 11.3 Å². The number of aromatic nitrogens is 1. The van der Waals surface area contributed by atoms with Gasteiger partial charge in [-0.15, -0.1) is 0 Å². The molecule has 0 saturated carbocycles. The second-order valence-electron chi connectivity index (χ2n) is 9.90. The number of methoxy groups -OCH3 is 1. The van der Waals surface area contributed by atoms with E-state index in [0.717, 1.165) is 18.8 Å². The molecular weight excluding hydrogens is 384 g/mol. The van der Waals surface area contributed by atoms with Crippen molar-refractivity contribution < 1.29 is 9.53 Å². The number of fused-ring (bicyclic) bond motifs is 1. The fourth-order valence-electron chi connectivity index (χ4n) is 4.07. The quantitative estimate of drug-likeness (QED) is 0.486. The van der Waals surface area contributed by atoms with Crippen molar-refractivity contribution >= 4 is 16.8 Å². The maximum Gasteiger partial charge on any atom is 0.220 e. The number of carbonyl (C=O) groups is 1. The molecule has 1 amide bonds. The van der Waals surface area contributed by atoms with Crippen LogP contribution in [0.1, 0.15) is 58.1 Å². The van der Waals surface area contributed by atoms with Crippen LogP contribution in [0.25, 0.3) is 10.9 Å². The number of nitrogens with one attached hydrogen (secondary N) is 1. The van der Waals surface area contributed by atoms with E-state index in [1.807, 2.05) is 12.1 Å². The summed E-state index contributed by atoms with van der Waals surface area (Å²) in [5.41, 5.74) is 3.63. The number of amides is 1. The lowest BCUT2D eigenvalue weighted by molar-refractivity contribution is -0.122. The minimum atomic E-state index is -0.0375. The van der Waals surface area contributed by atoms with Crippen LogP contribution in [0.3, 0.4) is 0 Å². The van der Waals surface area contributed by atoms with E-state index in [-0.39, 0.29) is 17.2 Å². The fraction of sp³-hybridized carbons (Fsp3) is 0.444. The third-order valence-electron chi connectivity index (χ3n) is 5.85. The second kappa shape index (κ2) is 9.59. The molecule has 0 aliphatic carbocycles. The van der Waals surface area contributed by atoms with Gasteiger partial charge in [-0.3, -0.25) is 4.79 Å². The first-order valence-electron chi connectivity index (χ1n) is 11.2. The summed E-state index contributed by atoms with van der Waals surface area (Å²) in [5.74, 6) is 1.56. The van der Waals surface area contributed by atoms with Gasteiger partial charge in [-0.1, -0.05) is 65.0 Å². The van der Waals surface area contributed by atoms with Gasteiger partial charge in [0.15, 0.2) is 0 Å². The molecule has 0 radical (unpaired) electrons. The Morgan fingerprint density at radius 1 is 1.06 bits per heavy atom. The highest BCUT2D eigenvalue weighted by atomic mass is 16.5. The summed E-state index contributed by atoms with van der Waals surface area (Å²) in [6, 6.07) is 16.7. The number of hydrogen-bond donors (Lipinski definition) is 1. The van der Waals surface area contributed by atoms with E-state index in [9.17, 15) is 4.79 Å². The molecular formula is C27H36N2O2. The maximum atomic E-state index is 12.7. The highest BCUT2D eigenvalue weighted by molar-refractivity contribution is 5.86. The summed E-state index contributed by atoms with van der Waals surface area (Å²) < 4.78 is 7.59. The smallest absolute Gasteiger partial charge is 0.220 e. The highest BCUT2D eigenvalue weighted by Crippen LogP contribution is 2.41. The largest absolute Gasteiger partial charge is 0.497 e. The van der Waals surface area contributed by atoms with Crippen LogP contribution in [0, 0.1) is 11.3 Å². The van der Waals surface area contributed by atoms with Crippen molar-refractivity contribution in [2.75, 3.05) is 13.7 Å². The molecule has 0 aliphatic heterocycles. The summed E-state index contributed by atoms with van der Waals surface area (Å²) in [4.78, 5) is 12.7. The molecule has 0 saturated heterocycles. The highest BCUT2D eigenvalue weighted by Gasteiger charge is 2.31. The third kappa shape index (κ3) is 5.69. The van der Waals surface area contributed by atoms with Crippen LogP contribution >= 0.6 is 0 Å². The number of hydrogen-bond acceptors (Lipinski definition) is 2. The van der Waals surface area contributed by atoms with Crippen LogP contribution in [0.4, 0.5) is 0 Å². The number of nitrogens with zero attached hydrogens (tertiary/aromatic N) is 1. The molecule has 166 valence electrons. The zero-order chi connectivity index (χ0) is 22.6. The molecule has 1 heterocycles. The monoisotopic (exact) mass is 420 g/mol.